The number of halogens is 1. The van der Waals surface area contributed by atoms with E-state index in [4.69, 9.17) is 0 Å². The molecule has 0 atom stereocenters. The number of hydrogen-bond acceptors (Lipinski definition) is 6. The molecule has 0 aliphatic carbocycles. The molecule has 2 aromatic rings. The minimum absolute atomic E-state index is 0.289. The van der Waals surface area contributed by atoms with Crippen LogP contribution in [0, 0.1) is 0 Å². The van der Waals surface area contributed by atoms with Crippen LogP contribution in [0.4, 0.5) is 0 Å². The molecule has 7 nitrogen and oxygen atoms in total. The van der Waals surface area contributed by atoms with Crippen LogP contribution in [0.3, 0.4) is 0 Å². The summed E-state index contributed by atoms with van der Waals surface area (Å²) in [6.07, 6.45) is 2.74. The smallest absolute Gasteiger partial charge is 0.242 e. The van der Waals surface area contributed by atoms with Gasteiger partial charge < -0.3 is 5.32 Å². The highest BCUT2D eigenvalue weighted by Crippen LogP contribution is 2.31. The van der Waals surface area contributed by atoms with Crippen molar-refractivity contribution in [2.24, 2.45) is 0 Å². The van der Waals surface area contributed by atoms with Gasteiger partial charge in [-0.2, -0.15) is 5.10 Å². The second-order valence-corrected chi connectivity index (χ2v) is 8.50. The Kier molecular flexibility index (Phi) is 5.88. The molecule has 0 saturated carbocycles. The summed E-state index contributed by atoms with van der Waals surface area (Å²) in [4.78, 5) is 5.24. The molecule has 2 aromatic heterocycles. The maximum absolute atomic E-state index is 12.2. The van der Waals surface area contributed by atoms with Crippen molar-refractivity contribution in [3.63, 3.8) is 0 Å². The maximum Gasteiger partial charge on any atom is 0.242 e. The lowest BCUT2D eigenvalue weighted by molar-refractivity contribution is 0.578. The van der Waals surface area contributed by atoms with Gasteiger partial charge in [0.05, 0.1) is 3.79 Å². The highest BCUT2D eigenvalue weighted by Gasteiger charge is 2.20. The Bertz CT molecular complexity index is 669. The van der Waals surface area contributed by atoms with Gasteiger partial charge in [-0.25, -0.2) is 18.1 Å². The Labute approximate surface area is 135 Å². The predicted octanol–water partition coefficient (Wildman–Crippen LogP) is 1.26. The van der Waals surface area contributed by atoms with Gasteiger partial charge in [0.25, 0.3) is 0 Å². The van der Waals surface area contributed by atoms with Crippen LogP contribution in [0.25, 0.3) is 0 Å². The summed E-state index contributed by atoms with van der Waals surface area (Å²) in [7, 11) is -1.67. The zero-order valence-electron chi connectivity index (χ0n) is 11.4. The molecule has 0 bridgehead atoms. The van der Waals surface area contributed by atoms with E-state index in [1.165, 1.54) is 17.7 Å². The molecular weight excluding hydrogens is 378 g/mol. The molecule has 3 N–H and O–H groups in total. The zero-order valence-corrected chi connectivity index (χ0v) is 14.6. The van der Waals surface area contributed by atoms with Gasteiger partial charge in [-0.3, -0.25) is 5.10 Å². The van der Waals surface area contributed by atoms with E-state index in [1.54, 1.807) is 6.07 Å². The van der Waals surface area contributed by atoms with Gasteiger partial charge in [-0.1, -0.05) is 0 Å². The van der Waals surface area contributed by atoms with Crippen LogP contribution in [-0.4, -0.2) is 37.2 Å². The number of nitrogens with zero attached hydrogens (tertiary/aromatic N) is 2. The maximum atomic E-state index is 12.2. The van der Waals surface area contributed by atoms with Gasteiger partial charge in [-0.05, 0) is 35.5 Å². The summed E-state index contributed by atoms with van der Waals surface area (Å²) in [5, 5.41) is 9.49. The van der Waals surface area contributed by atoms with Crippen molar-refractivity contribution >= 4 is 37.3 Å². The average Bonchev–Trinajstić information content (AvgIpc) is 3.05. The number of aromatic nitrogens is 3. The molecule has 21 heavy (non-hydrogen) atoms. The molecule has 0 fully saturated rings. The number of hydrogen-bond donors (Lipinski definition) is 3. The van der Waals surface area contributed by atoms with Crippen molar-refractivity contribution in [3.05, 3.63) is 26.9 Å². The highest BCUT2D eigenvalue weighted by molar-refractivity contribution is 9.11. The summed E-state index contributed by atoms with van der Waals surface area (Å²) in [6.45, 7) is 0.997. The van der Waals surface area contributed by atoms with E-state index in [-0.39, 0.29) is 4.90 Å². The van der Waals surface area contributed by atoms with Crippen LogP contribution in [0.15, 0.2) is 21.1 Å². The number of thiophene rings is 1. The third-order valence-corrected chi connectivity index (χ3v) is 6.41. The van der Waals surface area contributed by atoms with Crippen molar-refractivity contribution < 1.29 is 8.42 Å². The summed E-state index contributed by atoms with van der Waals surface area (Å²) < 4.78 is 27.7. The normalized spacial score (nSPS) is 11.9. The zero-order chi connectivity index (χ0) is 15.3. The first kappa shape index (κ1) is 16.6. The number of aromatic amines is 1. The second-order valence-electron chi connectivity index (χ2n) is 4.31. The highest BCUT2D eigenvalue weighted by atomic mass is 79.9. The van der Waals surface area contributed by atoms with Crippen LogP contribution in [-0.2, 0) is 23.0 Å². The van der Waals surface area contributed by atoms with Crippen LogP contribution in [0.1, 0.15) is 17.1 Å². The molecule has 0 radical (unpaired) electrons. The minimum Gasteiger partial charge on any atom is -0.315 e. The Hall–Kier alpha value is -0.810. The molecule has 0 aliphatic heterocycles. The molecular formula is C11H16BrN5O2S2. The first-order valence-corrected chi connectivity index (χ1v) is 9.39. The average molecular weight is 394 g/mol. The lowest BCUT2D eigenvalue weighted by atomic mass is 10.3. The molecule has 0 aromatic carbocycles. The van der Waals surface area contributed by atoms with Gasteiger partial charge in [0, 0.05) is 24.4 Å². The number of nitrogens with one attached hydrogen (secondary N) is 3. The van der Waals surface area contributed by atoms with Crippen LogP contribution >= 0.6 is 27.3 Å². The fourth-order valence-corrected chi connectivity index (χ4v) is 5.50. The van der Waals surface area contributed by atoms with Crippen molar-refractivity contribution in [3.8, 4) is 0 Å². The van der Waals surface area contributed by atoms with E-state index in [9.17, 15) is 8.42 Å². The van der Waals surface area contributed by atoms with Gasteiger partial charge in [0.1, 0.15) is 17.0 Å². The quantitative estimate of drug-likeness (QED) is 0.586. The van der Waals surface area contributed by atoms with E-state index < -0.39 is 10.0 Å². The van der Waals surface area contributed by atoms with Crippen molar-refractivity contribution in [1.82, 2.24) is 25.2 Å². The van der Waals surface area contributed by atoms with Crippen LogP contribution in [0.5, 0.6) is 0 Å². The van der Waals surface area contributed by atoms with Crippen molar-refractivity contribution in [2.75, 3.05) is 13.6 Å². The summed E-state index contributed by atoms with van der Waals surface area (Å²) >= 11 is 4.73. The monoisotopic (exact) mass is 393 g/mol. The topological polar surface area (TPSA) is 99.8 Å². The minimum atomic E-state index is -3.49. The molecule has 10 heteroatoms. The summed E-state index contributed by atoms with van der Waals surface area (Å²) in [6, 6.07) is 1.68. The molecule has 0 spiro atoms. The fourth-order valence-electron chi connectivity index (χ4n) is 1.73. The van der Waals surface area contributed by atoms with E-state index >= 15 is 0 Å². The number of aryl methyl sites for hydroxylation is 1. The van der Waals surface area contributed by atoms with E-state index in [2.05, 4.69) is 41.2 Å². The number of rotatable bonds is 8. The fraction of sp³-hybridized carbons (Fsp3) is 0.455. The molecule has 0 aliphatic rings. The van der Waals surface area contributed by atoms with Crippen LogP contribution < -0.4 is 10.0 Å². The van der Waals surface area contributed by atoms with E-state index in [0.29, 0.717) is 29.7 Å². The standard InChI is InChI=1S/C11H16BrN5O2S2/c1-13-6-8-5-9(11(12)20-8)21(18,19)16-4-2-3-10-14-7-15-17-10/h5,7,13,16H,2-4,6H2,1H3,(H,14,15,17). The third-order valence-electron chi connectivity index (χ3n) is 2.69. The molecule has 116 valence electrons. The second kappa shape index (κ2) is 7.45. The molecule has 2 rings (SSSR count). The third kappa shape index (κ3) is 4.58. The first-order valence-electron chi connectivity index (χ1n) is 6.29. The lowest BCUT2D eigenvalue weighted by Gasteiger charge is -2.04. The largest absolute Gasteiger partial charge is 0.315 e. The first-order chi connectivity index (χ1) is 10.0. The predicted molar refractivity (Wildman–Crippen MR) is 84.7 cm³/mol. The molecule has 0 amide bonds. The Balaban J connectivity index is 1.91. The summed E-state index contributed by atoms with van der Waals surface area (Å²) in [5.74, 6) is 0.752. The van der Waals surface area contributed by atoms with Gasteiger partial charge >= 0.3 is 0 Å². The molecule has 0 unspecified atom stereocenters. The molecule has 2 heterocycles. The van der Waals surface area contributed by atoms with Crippen molar-refractivity contribution in [2.45, 2.75) is 24.3 Å². The van der Waals surface area contributed by atoms with Crippen LogP contribution in [0.2, 0.25) is 0 Å². The van der Waals surface area contributed by atoms with Gasteiger partial charge in [-0.15, -0.1) is 11.3 Å². The lowest BCUT2D eigenvalue weighted by Crippen LogP contribution is -2.25. The Morgan fingerprint density at radius 1 is 1.48 bits per heavy atom. The summed E-state index contributed by atoms with van der Waals surface area (Å²) in [5.41, 5.74) is 0. The van der Waals surface area contributed by atoms with Gasteiger partial charge in [0.15, 0.2) is 0 Å². The Morgan fingerprint density at radius 2 is 2.29 bits per heavy atom. The Morgan fingerprint density at radius 3 is 2.95 bits per heavy atom. The SMILES string of the molecule is CNCc1cc(S(=O)(=O)NCCCc2ncn[nH]2)c(Br)s1. The number of sulfonamides is 1. The number of H-pyrrole nitrogens is 1. The molecule has 0 saturated heterocycles. The van der Waals surface area contributed by atoms with E-state index in [1.807, 2.05) is 7.05 Å². The van der Waals surface area contributed by atoms with Gasteiger partial charge in [0.2, 0.25) is 10.0 Å². The van der Waals surface area contributed by atoms with Crippen molar-refractivity contribution in [1.29, 1.82) is 0 Å². The van der Waals surface area contributed by atoms with E-state index in [0.717, 1.165) is 10.7 Å².